The van der Waals surface area contributed by atoms with Gasteiger partial charge in [-0.3, -0.25) is 9.69 Å². The third-order valence-corrected chi connectivity index (χ3v) is 6.32. The lowest BCUT2D eigenvalue weighted by Crippen LogP contribution is -2.45. The number of carbonyl (C=O) groups excluding carboxylic acids is 4. The van der Waals surface area contributed by atoms with Crippen molar-refractivity contribution < 1.29 is 43.6 Å². The van der Waals surface area contributed by atoms with E-state index in [0.717, 1.165) is 0 Å². The van der Waals surface area contributed by atoms with Crippen LogP contribution in [0, 0.1) is 5.41 Å². The SMILES string of the molecule is CCOC(=O)C1=C(c2ccccc2)N(c2ccccc2)C(=O)C1(C1=C(O)COC1=O)C1=C(O)COC1=O. The fourth-order valence-electron chi connectivity index (χ4n) is 4.93. The van der Waals surface area contributed by atoms with Crippen LogP contribution in [0.1, 0.15) is 12.5 Å². The van der Waals surface area contributed by atoms with Gasteiger partial charge in [-0.15, -0.1) is 0 Å². The van der Waals surface area contributed by atoms with Gasteiger partial charge in [-0.2, -0.15) is 0 Å². The molecule has 188 valence electrons. The summed E-state index contributed by atoms with van der Waals surface area (Å²) in [5.74, 6) is -5.59. The van der Waals surface area contributed by atoms with Crippen LogP contribution in [0.2, 0.25) is 0 Å². The van der Waals surface area contributed by atoms with Gasteiger partial charge in [0.05, 0.1) is 17.9 Å². The molecule has 0 atom stereocenters. The molecule has 0 saturated carbocycles. The van der Waals surface area contributed by atoms with E-state index in [4.69, 9.17) is 14.2 Å². The molecule has 2 aromatic carbocycles. The van der Waals surface area contributed by atoms with E-state index in [1.807, 2.05) is 0 Å². The fraction of sp³-hybridized carbons (Fsp3) is 0.185. The average molecular weight is 503 g/mol. The van der Waals surface area contributed by atoms with Crippen LogP contribution in [-0.2, 0) is 33.4 Å². The number of aliphatic hydroxyl groups excluding tert-OH is 2. The number of esters is 3. The molecule has 0 bridgehead atoms. The Morgan fingerprint density at radius 3 is 1.86 bits per heavy atom. The zero-order valence-electron chi connectivity index (χ0n) is 19.6. The average Bonchev–Trinajstić information content (AvgIpc) is 3.51. The van der Waals surface area contributed by atoms with Crippen LogP contribution in [0.15, 0.2) is 88.9 Å². The lowest BCUT2D eigenvalue weighted by atomic mass is 9.67. The van der Waals surface area contributed by atoms with E-state index in [2.05, 4.69) is 0 Å². The van der Waals surface area contributed by atoms with Gasteiger partial charge in [-0.05, 0) is 24.6 Å². The quantitative estimate of drug-likeness (QED) is 0.450. The van der Waals surface area contributed by atoms with Crippen molar-refractivity contribution in [3.8, 4) is 0 Å². The molecule has 0 aliphatic carbocycles. The summed E-state index contributed by atoms with van der Waals surface area (Å²) in [5, 5.41) is 21.6. The Morgan fingerprint density at radius 2 is 1.41 bits per heavy atom. The van der Waals surface area contributed by atoms with Crippen LogP contribution in [0.4, 0.5) is 5.69 Å². The minimum atomic E-state index is -2.61. The molecule has 0 fully saturated rings. The molecule has 10 heteroatoms. The van der Waals surface area contributed by atoms with Crippen molar-refractivity contribution in [1.29, 1.82) is 0 Å². The third kappa shape index (κ3) is 3.40. The van der Waals surface area contributed by atoms with Crippen molar-refractivity contribution in [2.45, 2.75) is 6.92 Å². The molecule has 0 saturated heterocycles. The van der Waals surface area contributed by atoms with Crippen LogP contribution in [-0.4, -0.2) is 53.8 Å². The lowest BCUT2D eigenvalue weighted by molar-refractivity contribution is -0.142. The molecule has 5 rings (SSSR count). The van der Waals surface area contributed by atoms with Crippen molar-refractivity contribution in [3.05, 3.63) is 94.5 Å². The molecule has 0 unspecified atom stereocenters. The van der Waals surface area contributed by atoms with Gasteiger partial charge < -0.3 is 24.4 Å². The summed E-state index contributed by atoms with van der Waals surface area (Å²) < 4.78 is 15.3. The summed E-state index contributed by atoms with van der Waals surface area (Å²) in [6.45, 7) is 0.267. The highest BCUT2D eigenvalue weighted by molar-refractivity contribution is 6.30. The van der Waals surface area contributed by atoms with Crippen LogP contribution in [0.3, 0.4) is 0 Å². The summed E-state index contributed by atoms with van der Waals surface area (Å²) in [6.07, 6.45) is 0. The maximum Gasteiger partial charge on any atom is 0.339 e. The van der Waals surface area contributed by atoms with Crippen LogP contribution < -0.4 is 4.90 Å². The van der Waals surface area contributed by atoms with Gasteiger partial charge in [0.1, 0.15) is 35.9 Å². The van der Waals surface area contributed by atoms with E-state index in [9.17, 15) is 29.4 Å². The van der Waals surface area contributed by atoms with Gasteiger partial charge in [0, 0.05) is 5.69 Å². The molecule has 0 aromatic heterocycles. The Balaban J connectivity index is 1.99. The first-order valence-electron chi connectivity index (χ1n) is 11.4. The molecule has 2 aromatic rings. The molecule has 37 heavy (non-hydrogen) atoms. The molecule has 3 aliphatic heterocycles. The number of ether oxygens (including phenoxy) is 3. The Labute approximate surface area is 210 Å². The Hall–Kier alpha value is -4.86. The van der Waals surface area contributed by atoms with Crippen molar-refractivity contribution in [2.24, 2.45) is 5.41 Å². The van der Waals surface area contributed by atoms with Gasteiger partial charge in [0.25, 0.3) is 5.91 Å². The number of hydrogen-bond acceptors (Lipinski definition) is 9. The second-order valence-electron chi connectivity index (χ2n) is 8.33. The molecule has 10 nitrogen and oxygen atoms in total. The molecule has 0 radical (unpaired) electrons. The predicted octanol–water partition coefficient (Wildman–Crippen LogP) is 2.73. The highest BCUT2D eigenvalue weighted by Gasteiger charge is 2.68. The monoisotopic (exact) mass is 503 g/mol. The Morgan fingerprint density at radius 1 is 0.892 bits per heavy atom. The summed E-state index contributed by atoms with van der Waals surface area (Å²) >= 11 is 0. The van der Waals surface area contributed by atoms with Crippen molar-refractivity contribution in [2.75, 3.05) is 24.7 Å². The first-order valence-corrected chi connectivity index (χ1v) is 11.4. The number of amides is 1. The lowest BCUT2D eigenvalue weighted by Gasteiger charge is -2.30. The highest BCUT2D eigenvalue weighted by Crippen LogP contribution is 2.58. The number of cyclic esters (lactones) is 2. The fourth-order valence-corrected chi connectivity index (χ4v) is 4.93. The number of hydrogen-bond donors (Lipinski definition) is 2. The van der Waals surface area contributed by atoms with E-state index < -0.39 is 70.7 Å². The van der Waals surface area contributed by atoms with Gasteiger partial charge >= 0.3 is 17.9 Å². The first kappa shape index (κ1) is 23.9. The largest absolute Gasteiger partial charge is 0.508 e. The van der Waals surface area contributed by atoms with E-state index in [0.29, 0.717) is 11.3 Å². The number of benzene rings is 2. The smallest absolute Gasteiger partial charge is 0.339 e. The number of carbonyl (C=O) groups is 4. The molecule has 1 amide bonds. The van der Waals surface area contributed by atoms with E-state index in [1.165, 1.54) is 4.90 Å². The standard InChI is InChI=1S/C27H21NO9/c1-2-35-25(33)21-22(15-9-5-3-6-10-15)28(16-11-7-4-8-12-16)26(34)27(21,19-17(29)13-36-23(19)31)20-18(30)14-37-24(20)32/h3-12,29-30H,2,13-14H2,1H3. The zero-order valence-corrected chi connectivity index (χ0v) is 19.6. The first-order chi connectivity index (χ1) is 17.8. The Kier molecular flexibility index (Phi) is 5.79. The zero-order chi connectivity index (χ0) is 26.3. The normalized spacial score (nSPS) is 19.1. The van der Waals surface area contributed by atoms with Crippen molar-refractivity contribution in [3.63, 3.8) is 0 Å². The van der Waals surface area contributed by atoms with Crippen molar-refractivity contribution in [1.82, 2.24) is 0 Å². The molecule has 2 N–H and O–H groups in total. The van der Waals surface area contributed by atoms with Gasteiger partial charge in [-0.1, -0.05) is 48.5 Å². The van der Waals surface area contributed by atoms with E-state index in [-0.39, 0.29) is 12.3 Å². The summed E-state index contributed by atoms with van der Waals surface area (Å²) in [5.41, 5.74) is -3.68. The van der Waals surface area contributed by atoms with Crippen molar-refractivity contribution >= 4 is 35.2 Å². The summed E-state index contributed by atoms with van der Waals surface area (Å²) in [4.78, 5) is 55.7. The van der Waals surface area contributed by atoms with Gasteiger partial charge in [-0.25, -0.2) is 14.4 Å². The second kappa shape index (κ2) is 8.98. The van der Waals surface area contributed by atoms with Crippen LogP contribution in [0.5, 0.6) is 0 Å². The van der Waals surface area contributed by atoms with E-state index >= 15 is 0 Å². The Bertz CT molecular complexity index is 1380. The third-order valence-electron chi connectivity index (χ3n) is 6.32. The maximum absolute atomic E-state index is 14.7. The number of nitrogens with zero attached hydrogens (tertiary/aromatic N) is 1. The minimum Gasteiger partial charge on any atom is -0.508 e. The molecule has 3 heterocycles. The number of anilines is 1. The molecule has 0 spiro atoms. The van der Waals surface area contributed by atoms with Gasteiger partial charge in [0.2, 0.25) is 0 Å². The number of rotatable bonds is 6. The topological polar surface area (TPSA) is 140 Å². The molecular weight excluding hydrogens is 482 g/mol. The maximum atomic E-state index is 14.7. The van der Waals surface area contributed by atoms with E-state index in [1.54, 1.807) is 67.6 Å². The summed E-state index contributed by atoms with van der Waals surface area (Å²) in [7, 11) is 0. The minimum absolute atomic E-state index is 0.00949. The number of aliphatic hydroxyl groups is 2. The second-order valence-corrected chi connectivity index (χ2v) is 8.33. The predicted molar refractivity (Wildman–Crippen MR) is 128 cm³/mol. The number of para-hydroxylation sites is 1. The van der Waals surface area contributed by atoms with Crippen LogP contribution >= 0.6 is 0 Å². The molecule has 3 aliphatic rings. The molecular formula is C27H21NO9. The highest BCUT2D eigenvalue weighted by atomic mass is 16.6. The van der Waals surface area contributed by atoms with Gasteiger partial charge in [0.15, 0.2) is 5.41 Å². The summed E-state index contributed by atoms with van der Waals surface area (Å²) in [6, 6.07) is 16.6. The van der Waals surface area contributed by atoms with Crippen LogP contribution in [0.25, 0.3) is 5.70 Å².